The minimum atomic E-state index is -0.0660. The van der Waals surface area contributed by atoms with Crippen molar-refractivity contribution in [1.29, 1.82) is 0 Å². The zero-order valence-corrected chi connectivity index (χ0v) is 50.3. The van der Waals surface area contributed by atoms with Crippen molar-refractivity contribution in [2.75, 3.05) is 14.7 Å². The minimum absolute atomic E-state index is 0.0104. The van der Waals surface area contributed by atoms with Gasteiger partial charge in [0.05, 0.1) is 11.4 Å². The van der Waals surface area contributed by atoms with E-state index in [9.17, 15) is 0 Å². The third kappa shape index (κ3) is 9.45. The molecule has 2 aliphatic heterocycles. The molecule has 0 bridgehead atoms. The number of benzene rings is 9. The zero-order valence-electron chi connectivity index (χ0n) is 49.5. The fourth-order valence-corrected chi connectivity index (χ4v) is 13.4. The quantitative estimate of drug-likeness (QED) is 0.140. The first kappa shape index (κ1) is 53.1. The number of hydrogen-bond donors (Lipinski definition) is 0. The van der Waals surface area contributed by atoms with Crippen molar-refractivity contribution < 1.29 is 0 Å². The predicted molar refractivity (Wildman–Crippen MR) is 350 cm³/mol. The van der Waals surface area contributed by atoms with Crippen LogP contribution in [0.1, 0.15) is 131 Å². The van der Waals surface area contributed by atoms with Crippen LogP contribution in [0, 0.1) is 0 Å². The van der Waals surface area contributed by atoms with Crippen LogP contribution in [0.4, 0.5) is 51.2 Å². The maximum absolute atomic E-state index is 2.66. The van der Waals surface area contributed by atoms with Crippen LogP contribution in [0.2, 0.25) is 0 Å². The summed E-state index contributed by atoms with van der Waals surface area (Å²) in [6.07, 6.45) is 0. The lowest BCUT2D eigenvalue weighted by molar-refractivity contribution is 0.590. The van der Waals surface area contributed by atoms with Crippen LogP contribution in [0.3, 0.4) is 0 Å². The van der Waals surface area contributed by atoms with Gasteiger partial charge in [0.25, 0.3) is 6.71 Å². The molecule has 9 aromatic carbocycles. The van der Waals surface area contributed by atoms with Gasteiger partial charge in [-0.3, -0.25) is 0 Å². The molecular formula is C75H76BN3S. The van der Waals surface area contributed by atoms with E-state index >= 15 is 0 Å². The molecule has 3 nitrogen and oxygen atoms in total. The number of thiophene rings is 1. The van der Waals surface area contributed by atoms with Crippen LogP contribution < -0.4 is 30.4 Å². The van der Waals surface area contributed by atoms with Gasteiger partial charge in [-0.25, -0.2) is 0 Å². The number of anilines is 9. The number of fused-ring (bicyclic) bond motifs is 6. The highest BCUT2D eigenvalue weighted by Crippen LogP contribution is 2.52. The molecule has 0 N–H and O–H groups in total. The maximum atomic E-state index is 2.66. The van der Waals surface area contributed by atoms with E-state index in [1.165, 1.54) is 104 Å². The van der Waals surface area contributed by atoms with Crippen molar-refractivity contribution in [1.82, 2.24) is 0 Å². The summed E-state index contributed by atoms with van der Waals surface area (Å²) in [6, 6.07) is 76.9. The van der Waals surface area contributed by atoms with Gasteiger partial charge in [-0.1, -0.05) is 212 Å². The van der Waals surface area contributed by atoms with Gasteiger partial charge in [-0.05, 0) is 168 Å². The van der Waals surface area contributed by atoms with E-state index < -0.39 is 0 Å². The molecule has 3 heterocycles. The molecule has 0 amide bonds. The molecule has 1 aromatic heterocycles. The van der Waals surface area contributed by atoms with Gasteiger partial charge in [0.2, 0.25) is 0 Å². The van der Waals surface area contributed by atoms with Crippen LogP contribution in [-0.2, 0) is 21.7 Å². The molecule has 0 saturated heterocycles. The van der Waals surface area contributed by atoms with Crippen molar-refractivity contribution in [2.45, 2.75) is 125 Å². The fourth-order valence-electron chi connectivity index (χ4n) is 12.1. The average Bonchev–Trinajstić information content (AvgIpc) is 1.91. The molecule has 0 radical (unpaired) electrons. The molecule has 2 aliphatic rings. The lowest BCUT2D eigenvalue weighted by Gasteiger charge is -2.44. The Hall–Kier alpha value is -7.60. The highest BCUT2D eigenvalue weighted by atomic mass is 32.1. The van der Waals surface area contributed by atoms with Crippen molar-refractivity contribution in [2.24, 2.45) is 0 Å². The van der Waals surface area contributed by atoms with E-state index in [4.69, 9.17) is 0 Å². The highest BCUT2D eigenvalue weighted by Gasteiger charge is 2.46. The number of nitrogens with zero attached hydrogens (tertiary/aromatic N) is 3. The second-order valence-corrected chi connectivity index (χ2v) is 28.0. The largest absolute Gasteiger partial charge is 0.311 e. The molecule has 0 atom stereocenters. The summed E-state index contributed by atoms with van der Waals surface area (Å²) >= 11 is 1.96. The summed E-state index contributed by atoms with van der Waals surface area (Å²) in [6.45, 7) is 32.4. The van der Waals surface area contributed by atoms with Crippen molar-refractivity contribution in [3.8, 4) is 22.3 Å². The SMILES string of the molecule is CC(C)c1cc2c3c(c1)N(c1ccc(C(C)(C)C)cc1)c1c(sc4ccc(-c5ccccc5)cc14)B3c1ccc(N(c3ccc(C(C)(C)C)cc3)c3ccc(C(C)(C)C)cc3)cc1N2c1ccc(C(C)(C)C)cc1-c1ccccc1. The predicted octanol–water partition coefficient (Wildman–Crippen LogP) is 20.1. The molecule has 0 aliphatic carbocycles. The normalized spacial score (nSPS) is 13.4. The van der Waals surface area contributed by atoms with Gasteiger partial charge in [0.1, 0.15) is 0 Å². The van der Waals surface area contributed by atoms with Gasteiger partial charge in [0, 0.05) is 60.2 Å². The summed E-state index contributed by atoms with van der Waals surface area (Å²) in [5.74, 6) is 0.250. The van der Waals surface area contributed by atoms with Crippen LogP contribution in [0.25, 0.3) is 32.3 Å². The van der Waals surface area contributed by atoms with Gasteiger partial charge in [0.15, 0.2) is 0 Å². The van der Waals surface area contributed by atoms with Crippen LogP contribution in [0.5, 0.6) is 0 Å². The molecule has 0 fully saturated rings. The Kier molecular flexibility index (Phi) is 13.0. The van der Waals surface area contributed by atoms with Crippen molar-refractivity contribution in [3.63, 3.8) is 0 Å². The minimum Gasteiger partial charge on any atom is -0.311 e. The van der Waals surface area contributed by atoms with Crippen molar-refractivity contribution >= 4 is 95.0 Å². The molecule has 5 heteroatoms. The van der Waals surface area contributed by atoms with Gasteiger partial charge in [-0.2, -0.15) is 0 Å². The Morgan fingerprint density at radius 3 is 1.45 bits per heavy atom. The molecule has 0 spiro atoms. The standard InChI is InChI=1S/C75H76BN3S/c1-48(2)52-44-66-69-67(45-52)79(64-41-32-56(75(12,13)14)46-61(64)50-23-19-16-20-24-50)65-47-60(77(57-33-26-53(27-34-57)72(3,4)5)58-35-28-54(29-36-58)73(6,7)8)39-40-63(65)76(69)71-70(78(66)59-37-30-55(31-38-59)74(9,10)11)62-43-51(25-42-68(62)80-71)49-21-17-15-18-22-49/h15-48H,1-14H3. The Labute approximate surface area is 481 Å². The van der Waals surface area contributed by atoms with Gasteiger partial charge < -0.3 is 14.7 Å². The molecule has 0 unspecified atom stereocenters. The van der Waals surface area contributed by atoms with Crippen LogP contribution in [0.15, 0.2) is 200 Å². The van der Waals surface area contributed by atoms with Crippen LogP contribution in [-0.4, -0.2) is 6.71 Å². The average molecular weight is 1060 g/mol. The lowest BCUT2D eigenvalue weighted by atomic mass is 9.36. The smallest absolute Gasteiger partial charge is 0.264 e. The van der Waals surface area contributed by atoms with E-state index in [0.717, 1.165) is 22.7 Å². The second-order valence-electron chi connectivity index (χ2n) is 26.9. The monoisotopic (exact) mass is 1060 g/mol. The summed E-state index contributed by atoms with van der Waals surface area (Å²) in [5.41, 5.74) is 24.6. The first-order valence-electron chi connectivity index (χ1n) is 28.9. The number of rotatable bonds is 8. The Balaban J connectivity index is 1.19. The molecule has 0 saturated carbocycles. The Bertz CT molecular complexity index is 3880. The molecule has 10 aromatic rings. The zero-order chi connectivity index (χ0) is 56.2. The Morgan fingerprint density at radius 2 is 0.912 bits per heavy atom. The van der Waals surface area contributed by atoms with Crippen LogP contribution >= 0.6 is 11.3 Å². The van der Waals surface area contributed by atoms with Crippen molar-refractivity contribution in [3.05, 3.63) is 228 Å². The molecule has 80 heavy (non-hydrogen) atoms. The first-order chi connectivity index (χ1) is 38.0. The second kappa shape index (κ2) is 19.6. The first-order valence-corrected chi connectivity index (χ1v) is 29.7. The Morgan fingerprint density at radius 1 is 0.412 bits per heavy atom. The lowest BCUT2D eigenvalue weighted by Crippen LogP contribution is -2.60. The summed E-state index contributed by atoms with van der Waals surface area (Å²) in [5, 5.41) is 1.28. The molecular weight excluding hydrogens is 986 g/mol. The highest BCUT2D eigenvalue weighted by molar-refractivity contribution is 7.33. The van der Waals surface area contributed by atoms with Gasteiger partial charge in [-0.15, -0.1) is 11.3 Å². The fraction of sp³-hybridized carbons (Fsp3) is 0.253. The van der Waals surface area contributed by atoms with E-state index in [2.05, 4.69) is 312 Å². The summed E-state index contributed by atoms with van der Waals surface area (Å²) < 4.78 is 2.65. The molecule has 400 valence electrons. The van der Waals surface area contributed by atoms with E-state index in [1.54, 1.807) is 0 Å². The third-order valence-corrected chi connectivity index (χ3v) is 18.1. The van der Waals surface area contributed by atoms with E-state index in [0.29, 0.717) is 0 Å². The van der Waals surface area contributed by atoms with E-state index in [1.807, 2.05) is 11.3 Å². The summed E-state index contributed by atoms with van der Waals surface area (Å²) in [4.78, 5) is 7.77. The van der Waals surface area contributed by atoms with Gasteiger partial charge >= 0.3 is 0 Å². The third-order valence-electron chi connectivity index (χ3n) is 16.9. The maximum Gasteiger partial charge on any atom is 0.264 e. The topological polar surface area (TPSA) is 9.72 Å². The number of hydrogen-bond acceptors (Lipinski definition) is 4. The van der Waals surface area contributed by atoms with E-state index in [-0.39, 0.29) is 34.3 Å². The molecule has 12 rings (SSSR count). The summed E-state index contributed by atoms with van der Waals surface area (Å²) in [7, 11) is 0.